The van der Waals surface area contributed by atoms with Gasteiger partial charge in [0.1, 0.15) is 5.69 Å². The fourth-order valence-corrected chi connectivity index (χ4v) is 4.11. The summed E-state index contributed by atoms with van der Waals surface area (Å²) in [6, 6.07) is 12.0. The van der Waals surface area contributed by atoms with E-state index in [9.17, 15) is 9.59 Å². The molecular weight excluding hydrogens is 431 g/mol. The van der Waals surface area contributed by atoms with Gasteiger partial charge in [-0.3, -0.25) is 14.6 Å². The number of nitrogens with zero attached hydrogens (tertiary/aromatic N) is 2. The van der Waals surface area contributed by atoms with Gasteiger partial charge in [-0.1, -0.05) is 35.3 Å². The number of carbonyl (C=O) groups is 2. The van der Waals surface area contributed by atoms with Crippen molar-refractivity contribution in [2.45, 2.75) is 0 Å². The van der Waals surface area contributed by atoms with Crippen LogP contribution in [0.2, 0.25) is 10.0 Å². The molecule has 2 heterocycles. The Labute approximate surface area is 179 Å². The molecule has 1 aliphatic heterocycles. The largest absolute Gasteiger partial charge is 0.366 e. The molecule has 0 saturated carbocycles. The number of nitrogens with two attached hydrogens (primary N) is 1. The molecule has 3 N–H and O–H groups in total. The number of aliphatic imine (C=N–C) groups is 1. The van der Waals surface area contributed by atoms with Crippen LogP contribution in [-0.4, -0.2) is 22.0 Å². The van der Waals surface area contributed by atoms with Crippen molar-refractivity contribution in [1.29, 1.82) is 0 Å². The Balaban J connectivity index is 1.69. The zero-order chi connectivity index (χ0) is 20.5. The van der Waals surface area contributed by atoms with Crippen LogP contribution < -0.4 is 11.1 Å². The quantitative estimate of drug-likeness (QED) is 0.581. The first-order chi connectivity index (χ1) is 13.9. The van der Waals surface area contributed by atoms with Crippen LogP contribution in [0.25, 0.3) is 17.0 Å². The number of benzene rings is 2. The summed E-state index contributed by atoms with van der Waals surface area (Å²) >= 11 is 13.4. The van der Waals surface area contributed by atoms with Crippen LogP contribution in [0, 0.1) is 0 Å². The number of primary amides is 1. The Hall–Kier alpha value is -2.87. The summed E-state index contributed by atoms with van der Waals surface area (Å²) in [6.45, 7) is 0. The molecule has 1 aromatic heterocycles. The van der Waals surface area contributed by atoms with Gasteiger partial charge in [0, 0.05) is 11.6 Å². The second-order valence-corrected chi connectivity index (χ2v) is 7.90. The zero-order valence-electron chi connectivity index (χ0n) is 14.6. The molecule has 29 heavy (non-hydrogen) atoms. The number of aromatic nitrogens is 1. The summed E-state index contributed by atoms with van der Waals surface area (Å²) < 4.78 is 0. The van der Waals surface area contributed by atoms with E-state index in [1.165, 1.54) is 18.0 Å². The maximum Gasteiger partial charge on any atom is 0.264 e. The van der Waals surface area contributed by atoms with Crippen LogP contribution in [0.5, 0.6) is 0 Å². The highest BCUT2D eigenvalue weighted by Crippen LogP contribution is 2.35. The lowest BCUT2D eigenvalue weighted by Crippen LogP contribution is -2.19. The minimum Gasteiger partial charge on any atom is -0.366 e. The van der Waals surface area contributed by atoms with Gasteiger partial charge in [0.25, 0.3) is 5.91 Å². The van der Waals surface area contributed by atoms with Crippen molar-refractivity contribution in [3.8, 4) is 0 Å². The summed E-state index contributed by atoms with van der Waals surface area (Å²) in [4.78, 5) is 33.1. The minimum absolute atomic E-state index is 0.293. The van der Waals surface area contributed by atoms with Gasteiger partial charge in [-0.05, 0) is 53.7 Å². The van der Waals surface area contributed by atoms with Gasteiger partial charge in [0.2, 0.25) is 5.91 Å². The summed E-state index contributed by atoms with van der Waals surface area (Å²) in [5.41, 5.74) is 7.57. The number of carbonyl (C=O) groups excluding carboxylic acids is 2. The smallest absolute Gasteiger partial charge is 0.264 e. The van der Waals surface area contributed by atoms with Gasteiger partial charge < -0.3 is 11.1 Å². The van der Waals surface area contributed by atoms with E-state index in [1.54, 1.807) is 48.5 Å². The van der Waals surface area contributed by atoms with Crippen LogP contribution in [-0.2, 0) is 4.79 Å². The standard InChI is InChI=1S/C20H12Cl2N4O2S/c21-13-2-1-3-14(22)17(13)25-20-26-19(28)16(29-20)9-10-4-5-15-12(8-10)11(18(23)27)6-7-24-15/h1-9H,(H2,23,27)(H,25,26,28). The van der Waals surface area contributed by atoms with Crippen LogP contribution in [0.3, 0.4) is 0 Å². The molecule has 0 aliphatic carbocycles. The molecule has 6 nitrogen and oxygen atoms in total. The van der Waals surface area contributed by atoms with Gasteiger partial charge in [0.15, 0.2) is 5.17 Å². The summed E-state index contributed by atoms with van der Waals surface area (Å²) in [5.74, 6) is -0.834. The number of amidine groups is 1. The van der Waals surface area contributed by atoms with E-state index in [0.29, 0.717) is 42.3 Å². The second kappa shape index (κ2) is 7.87. The SMILES string of the molecule is NC(=O)c1ccnc2ccc(C=C3SC(=Nc4c(Cl)cccc4Cl)NC3=O)cc12. The van der Waals surface area contributed by atoms with Crippen LogP contribution >= 0.6 is 35.0 Å². The van der Waals surface area contributed by atoms with E-state index in [4.69, 9.17) is 28.9 Å². The van der Waals surface area contributed by atoms with Gasteiger partial charge in [-0.25, -0.2) is 4.99 Å². The highest BCUT2D eigenvalue weighted by atomic mass is 35.5. The fraction of sp³-hybridized carbons (Fsp3) is 0. The second-order valence-electron chi connectivity index (χ2n) is 6.05. The Kier molecular flexibility index (Phi) is 5.27. The highest BCUT2D eigenvalue weighted by Gasteiger charge is 2.24. The van der Waals surface area contributed by atoms with Crippen LogP contribution in [0.15, 0.2) is 58.6 Å². The zero-order valence-corrected chi connectivity index (χ0v) is 17.0. The van der Waals surface area contributed by atoms with Gasteiger partial charge in [-0.2, -0.15) is 0 Å². The predicted molar refractivity (Wildman–Crippen MR) is 118 cm³/mol. The molecule has 144 valence electrons. The average molecular weight is 443 g/mol. The lowest BCUT2D eigenvalue weighted by Gasteiger charge is -2.04. The number of hydrogen-bond acceptors (Lipinski definition) is 5. The Morgan fingerprint density at radius 2 is 1.93 bits per heavy atom. The fourth-order valence-electron chi connectivity index (χ4n) is 2.80. The van der Waals surface area contributed by atoms with Gasteiger partial charge in [-0.15, -0.1) is 0 Å². The monoisotopic (exact) mass is 442 g/mol. The van der Waals surface area contributed by atoms with Crippen molar-refractivity contribution in [2.24, 2.45) is 10.7 Å². The summed E-state index contributed by atoms with van der Waals surface area (Å²) in [6.07, 6.45) is 3.23. The van der Waals surface area contributed by atoms with Gasteiger partial charge in [0.05, 0.1) is 26.0 Å². The van der Waals surface area contributed by atoms with E-state index >= 15 is 0 Å². The molecule has 9 heteroatoms. The molecule has 0 radical (unpaired) electrons. The van der Waals surface area contributed by atoms with Crippen LogP contribution in [0.4, 0.5) is 5.69 Å². The molecule has 1 fully saturated rings. The maximum absolute atomic E-state index is 12.4. The molecule has 2 amide bonds. The number of halogens is 2. The first-order valence-corrected chi connectivity index (χ1v) is 9.92. The number of rotatable bonds is 3. The minimum atomic E-state index is -0.541. The third-order valence-electron chi connectivity index (χ3n) is 4.13. The first kappa shape index (κ1) is 19.4. The third kappa shape index (κ3) is 3.98. The van der Waals surface area contributed by atoms with Crippen molar-refractivity contribution in [1.82, 2.24) is 10.3 Å². The Morgan fingerprint density at radius 3 is 2.66 bits per heavy atom. The lowest BCUT2D eigenvalue weighted by molar-refractivity contribution is -0.115. The predicted octanol–water partition coefficient (Wildman–Crippen LogP) is 4.53. The number of thioether (sulfide) groups is 1. The lowest BCUT2D eigenvalue weighted by atomic mass is 10.1. The van der Waals surface area contributed by atoms with E-state index in [-0.39, 0.29) is 5.91 Å². The van der Waals surface area contributed by atoms with Crippen molar-refractivity contribution >= 4 is 74.6 Å². The van der Waals surface area contributed by atoms with Crippen molar-refractivity contribution in [3.05, 3.63) is 74.7 Å². The normalized spacial score (nSPS) is 16.6. The average Bonchev–Trinajstić information content (AvgIpc) is 3.03. The first-order valence-electron chi connectivity index (χ1n) is 8.34. The third-order valence-corrected chi connectivity index (χ3v) is 5.65. The highest BCUT2D eigenvalue weighted by molar-refractivity contribution is 8.18. The van der Waals surface area contributed by atoms with E-state index in [2.05, 4.69) is 15.3 Å². The number of nitrogens with one attached hydrogen (secondary N) is 1. The molecule has 1 saturated heterocycles. The molecule has 4 rings (SSSR count). The maximum atomic E-state index is 12.4. The Morgan fingerprint density at radius 1 is 1.17 bits per heavy atom. The molecule has 0 bridgehead atoms. The number of fused-ring (bicyclic) bond motifs is 1. The molecule has 2 aromatic carbocycles. The van der Waals surface area contributed by atoms with Crippen molar-refractivity contribution in [2.75, 3.05) is 0 Å². The van der Waals surface area contributed by atoms with E-state index in [0.717, 1.165) is 5.56 Å². The molecule has 0 unspecified atom stereocenters. The molecule has 0 atom stereocenters. The number of para-hydroxylation sites is 1. The topological polar surface area (TPSA) is 97.4 Å². The van der Waals surface area contributed by atoms with E-state index in [1.807, 2.05) is 0 Å². The summed E-state index contributed by atoms with van der Waals surface area (Å²) in [5, 5.41) is 4.46. The number of pyridine rings is 1. The molecule has 1 aliphatic rings. The number of hydrogen-bond donors (Lipinski definition) is 2. The number of amides is 2. The molecular formula is C20H12Cl2N4O2S. The van der Waals surface area contributed by atoms with Gasteiger partial charge >= 0.3 is 0 Å². The molecule has 0 spiro atoms. The van der Waals surface area contributed by atoms with Crippen molar-refractivity contribution in [3.63, 3.8) is 0 Å². The van der Waals surface area contributed by atoms with E-state index < -0.39 is 5.91 Å². The Bertz CT molecular complexity index is 1220. The summed E-state index contributed by atoms with van der Waals surface area (Å²) in [7, 11) is 0. The molecule has 3 aromatic rings. The van der Waals surface area contributed by atoms with Crippen molar-refractivity contribution < 1.29 is 9.59 Å². The van der Waals surface area contributed by atoms with Crippen LogP contribution in [0.1, 0.15) is 15.9 Å².